The first kappa shape index (κ1) is 28.5. The molecule has 232 valence electrons. The van der Waals surface area contributed by atoms with E-state index >= 15 is 0 Å². The minimum atomic E-state index is 1.21. The maximum absolute atomic E-state index is 2.45. The van der Waals surface area contributed by atoms with Crippen LogP contribution in [0.3, 0.4) is 0 Å². The van der Waals surface area contributed by atoms with Crippen LogP contribution in [-0.4, -0.2) is 0 Å². The van der Waals surface area contributed by atoms with Gasteiger partial charge in [-0.25, -0.2) is 0 Å². The first-order valence-electron chi connectivity index (χ1n) is 17.4. The highest BCUT2D eigenvalue weighted by Gasteiger charge is 2.31. The summed E-state index contributed by atoms with van der Waals surface area (Å²) < 4.78 is 0. The summed E-state index contributed by atoms with van der Waals surface area (Å²) in [5.41, 5.74) is 17.6. The summed E-state index contributed by atoms with van der Waals surface area (Å²) in [5, 5.41) is 5.15. The Balaban J connectivity index is 1.27. The van der Waals surface area contributed by atoms with Crippen LogP contribution < -0.4 is 0 Å². The first-order valence-corrected chi connectivity index (χ1v) is 17.4. The summed E-state index contributed by atoms with van der Waals surface area (Å²) in [5.74, 6) is 0. The standard InChI is InChI=1S/C50H32/c1-4-13-33(14-5-1)35-23-26-37(27-24-35)45-32-46(36-16-6-2-7-17-36)49-43-22-12-21-42-41(40-28-25-34-15-10-11-20-39(34)31-40)29-30-44(48(42)43)50(49)47(45)38-18-8-3-9-19-38/h1-32H. The Morgan fingerprint density at radius 2 is 0.740 bits per heavy atom. The van der Waals surface area contributed by atoms with Gasteiger partial charge in [0, 0.05) is 0 Å². The zero-order valence-electron chi connectivity index (χ0n) is 27.5. The molecule has 0 spiro atoms. The Morgan fingerprint density at radius 3 is 1.48 bits per heavy atom. The van der Waals surface area contributed by atoms with Crippen molar-refractivity contribution in [3.63, 3.8) is 0 Å². The second kappa shape index (κ2) is 11.6. The molecule has 0 radical (unpaired) electrons. The van der Waals surface area contributed by atoms with E-state index in [1.54, 1.807) is 0 Å². The quantitative estimate of drug-likeness (QED) is 0.177. The van der Waals surface area contributed by atoms with E-state index < -0.39 is 0 Å². The number of fused-ring (bicyclic) bond motifs is 4. The van der Waals surface area contributed by atoms with E-state index in [2.05, 4.69) is 194 Å². The predicted octanol–water partition coefficient (Wildman–Crippen LogP) is 14.0. The second-order valence-electron chi connectivity index (χ2n) is 13.2. The third-order valence-corrected chi connectivity index (χ3v) is 10.4. The van der Waals surface area contributed by atoms with Crippen LogP contribution in [0.1, 0.15) is 0 Å². The lowest BCUT2D eigenvalue weighted by atomic mass is 9.82. The second-order valence-corrected chi connectivity index (χ2v) is 13.2. The van der Waals surface area contributed by atoms with Gasteiger partial charge in [-0.1, -0.05) is 182 Å². The van der Waals surface area contributed by atoms with Gasteiger partial charge in [-0.05, 0) is 112 Å². The Bertz CT molecular complexity index is 2700. The number of rotatable bonds is 5. The molecule has 0 fully saturated rings. The third-order valence-electron chi connectivity index (χ3n) is 10.4. The van der Waals surface area contributed by atoms with Crippen LogP contribution >= 0.6 is 0 Å². The van der Waals surface area contributed by atoms with Gasteiger partial charge in [0.25, 0.3) is 0 Å². The minimum absolute atomic E-state index is 1.21. The molecular weight excluding hydrogens is 601 g/mol. The molecule has 0 heterocycles. The zero-order chi connectivity index (χ0) is 33.0. The summed E-state index contributed by atoms with van der Waals surface area (Å²) in [4.78, 5) is 0. The molecule has 0 bridgehead atoms. The molecule has 0 saturated carbocycles. The summed E-state index contributed by atoms with van der Waals surface area (Å²) in [6, 6.07) is 71.2. The van der Waals surface area contributed by atoms with Gasteiger partial charge in [-0.2, -0.15) is 0 Å². The molecule has 0 amide bonds. The van der Waals surface area contributed by atoms with Crippen molar-refractivity contribution in [2.45, 2.75) is 0 Å². The Hall–Kier alpha value is -6.50. The smallest absolute Gasteiger partial charge is 0.000763 e. The predicted molar refractivity (Wildman–Crippen MR) is 213 cm³/mol. The number of hydrogen-bond donors (Lipinski definition) is 0. The van der Waals surface area contributed by atoms with Crippen molar-refractivity contribution in [2.75, 3.05) is 0 Å². The van der Waals surface area contributed by atoms with Gasteiger partial charge in [0.2, 0.25) is 0 Å². The fourth-order valence-corrected chi connectivity index (χ4v) is 8.11. The van der Waals surface area contributed by atoms with Crippen LogP contribution in [-0.2, 0) is 0 Å². The van der Waals surface area contributed by atoms with E-state index in [1.807, 2.05) is 0 Å². The van der Waals surface area contributed by atoms with Crippen LogP contribution in [0.25, 0.3) is 99.4 Å². The van der Waals surface area contributed by atoms with Crippen molar-refractivity contribution in [1.29, 1.82) is 0 Å². The average molecular weight is 633 g/mol. The van der Waals surface area contributed by atoms with E-state index in [0.29, 0.717) is 0 Å². The van der Waals surface area contributed by atoms with Crippen molar-refractivity contribution in [3.8, 4) is 77.9 Å². The highest BCUT2D eigenvalue weighted by Crippen LogP contribution is 2.58. The van der Waals surface area contributed by atoms with Crippen molar-refractivity contribution in [1.82, 2.24) is 0 Å². The lowest BCUT2D eigenvalue weighted by molar-refractivity contribution is 1.56. The molecule has 0 heteroatoms. The Labute approximate surface area is 292 Å². The van der Waals surface area contributed by atoms with Crippen molar-refractivity contribution in [3.05, 3.63) is 194 Å². The number of benzene rings is 9. The molecule has 9 aromatic carbocycles. The summed E-state index contributed by atoms with van der Waals surface area (Å²) >= 11 is 0. The molecule has 0 aliphatic heterocycles. The van der Waals surface area contributed by atoms with E-state index in [4.69, 9.17) is 0 Å². The molecule has 0 unspecified atom stereocenters. The highest BCUT2D eigenvalue weighted by atomic mass is 14.3. The lowest BCUT2D eigenvalue weighted by Gasteiger charge is -2.21. The molecule has 0 saturated heterocycles. The van der Waals surface area contributed by atoms with E-state index in [0.717, 1.165) is 0 Å². The fraction of sp³-hybridized carbons (Fsp3) is 0. The zero-order valence-corrected chi connectivity index (χ0v) is 27.5. The molecule has 0 nitrogen and oxygen atoms in total. The molecule has 1 aliphatic rings. The van der Waals surface area contributed by atoms with Gasteiger partial charge >= 0.3 is 0 Å². The molecule has 10 rings (SSSR count). The summed E-state index contributed by atoms with van der Waals surface area (Å²) in [6.07, 6.45) is 0. The van der Waals surface area contributed by atoms with Crippen LogP contribution in [0, 0.1) is 0 Å². The Morgan fingerprint density at radius 1 is 0.220 bits per heavy atom. The maximum atomic E-state index is 2.45. The maximum Gasteiger partial charge on any atom is -0.000763 e. The fourth-order valence-electron chi connectivity index (χ4n) is 8.11. The molecule has 0 atom stereocenters. The molecular formula is C50H32. The van der Waals surface area contributed by atoms with Crippen LogP contribution in [0.2, 0.25) is 0 Å². The van der Waals surface area contributed by atoms with Gasteiger partial charge in [0.15, 0.2) is 0 Å². The van der Waals surface area contributed by atoms with E-state index in [9.17, 15) is 0 Å². The summed E-state index contributed by atoms with van der Waals surface area (Å²) in [6.45, 7) is 0. The summed E-state index contributed by atoms with van der Waals surface area (Å²) in [7, 11) is 0. The van der Waals surface area contributed by atoms with Crippen LogP contribution in [0.4, 0.5) is 0 Å². The third kappa shape index (κ3) is 4.54. The SMILES string of the molecule is c1ccc(-c2ccc(-c3cc(-c4ccccc4)c4c(c3-c3ccccc3)-c3ccc(-c5ccc6ccccc6c5)c5cccc-4c35)cc2)cc1. The molecule has 50 heavy (non-hydrogen) atoms. The molecule has 0 aromatic heterocycles. The van der Waals surface area contributed by atoms with Crippen LogP contribution in [0.5, 0.6) is 0 Å². The number of hydrogen-bond acceptors (Lipinski definition) is 0. The molecule has 1 aliphatic carbocycles. The monoisotopic (exact) mass is 632 g/mol. The topological polar surface area (TPSA) is 0 Å². The Kier molecular flexibility index (Phi) is 6.60. The normalized spacial score (nSPS) is 11.6. The van der Waals surface area contributed by atoms with Gasteiger partial charge in [-0.3, -0.25) is 0 Å². The van der Waals surface area contributed by atoms with Gasteiger partial charge in [0.1, 0.15) is 0 Å². The van der Waals surface area contributed by atoms with Gasteiger partial charge in [0.05, 0.1) is 0 Å². The molecule has 0 N–H and O–H groups in total. The average Bonchev–Trinajstić information content (AvgIpc) is 3.54. The lowest BCUT2D eigenvalue weighted by Crippen LogP contribution is -1.94. The first-order chi connectivity index (χ1) is 24.8. The highest BCUT2D eigenvalue weighted by molar-refractivity contribution is 6.24. The minimum Gasteiger partial charge on any atom is -0.0622 e. The largest absolute Gasteiger partial charge is 0.0622 e. The van der Waals surface area contributed by atoms with E-state index in [1.165, 1.54) is 99.4 Å². The van der Waals surface area contributed by atoms with Crippen molar-refractivity contribution >= 4 is 21.5 Å². The van der Waals surface area contributed by atoms with Crippen molar-refractivity contribution in [2.24, 2.45) is 0 Å². The van der Waals surface area contributed by atoms with E-state index in [-0.39, 0.29) is 0 Å². The van der Waals surface area contributed by atoms with Gasteiger partial charge < -0.3 is 0 Å². The molecule has 9 aromatic rings. The van der Waals surface area contributed by atoms with Crippen LogP contribution in [0.15, 0.2) is 194 Å². The van der Waals surface area contributed by atoms with Crippen molar-refractivity contribution < 1.29 is 0 Å². The van der Waals surface area contributed by atoms with Gasteiger partial charge in [-0.15, -0.1) is 0 Å².